The maximum atomic E-state index is 12.0. The highest BCUT2D eigenvalue weighted by molar-refractivity contribution is 5.94. The van der Waals surface area contributed by atoms with Crippen LogP contribution in [0, 0.1) is 29.9 Å². The molecule has 1 saturated carbocycles. The zero-order valence-electron chi connectivity index (χ0n) is 14.2. The molecule has 0 spiro atoms. The molecule has 2 atom stereocenters. The van der Waals surface area contributed by atoms with Gasteiger partial charge in [0.25, 0.3) is 0 Å². The molecule has 1 aromatic heterocycles. The van der Waals surface area contributed by atoms with E-state index in [1.54, 1.807) is 0 Å². The Bertz CT molecular complexity index is 655. The SMILES string of the molecule is Cc1nn(CC(=O)NC(=O)N[C@@H]2CCCC[C@H]2C)c(C)c1[N+](=O)[O-]. The van der Waals surface area contributed by atoms with Crippen molar-refractivity contribution in [2.24, 2.45) is 5.92 Å². The standard InChI is InChI=1S/C15H23N5O4/c1-9-6-4-5-7-12(9)16-15(22)17-13(21)8-19-11(3)14(20(23)24)10(2)18-19/h9,12H,4-8H2,1-3H3,(H2,16,17,21,22)/t9-,12-/m1/s1. The first-order chi connectivity index (χ1) is 11.3. The van der Waals surface area contributed by atoms with Gasteiger partial charge in [0.05, 0.1) is 4.92 Å². The molecule has 1 fully saturated rings. The third-order valence-electron chi connectivity index (χ3n) is 4.50. The number of aryl methyl sites for hydroxylation is 1. The van der Waals surface area contributed by atoms with Crippen LogP contribution in [0.3, 0.4) is 0 Å². The molecule has 0 radical (unpaired) electrons. The van der Waals surface area contributed by atoms with Crippen LogP contribution in [0.4, 0.5) is 10.5 Å². The van der Waals surface area contributed by atoms with E-state index >= 15 is 0 Å². The van der Waals surface area contributed by atoms with Crippen LogP contribution in [0.15, 0.2) is 0 Å². The molecule has 1 heterocycles. The molecule has 132 valence electrons. The van der Waals surface area contributed by atoms with E-state index in [1.165, 1.54) is 18.5 Å². The fraction of sp³-hybridized carbons (Fsp3) is 0.667. The molecular weight excluding hydrogens is 314 g/mol. The third kappa shape index (κ3) is 4.09. The number of amides is 3. The Kier molecular flexibility index (Phi) is 5.53. The van der Waals surface area contributed by atoms with Crippen molar-refractivity contribution in [3.63, 3.8) is 0 Å². The number of urea groups is 1. The first-order valence-corrected chi connectivity index (χ1v) is 8.08. The zero-order chi connectivity index (χ0) is 17.9. The second-order valence-corrected chi connectivity index (χ2v) is 6.32. The number of carbonyl (C=O) groups excluding carboxylic acids is 2. The van der Waals surface area contributed by atoms with Gasteiger partial charge in [-0.2, -0.15) is 5.10 Å². The minimum Gasteiger partial charge on any atom is -0.335 e. The predicted molar refractivity (Wildman–Crippen MR) is 86.4 cm³/mol. The van der Waals surface area contributed by atoms with Crippen molar-refractivity contribution in [1.29, 1.82) is 0 Å². The summed E-state index contributed by atoms with van der Waals surface area (Å²) >= 11 is 0. The number of carbonyl (C=O) groups is 2. The topological polar surface area (TPSA) is 119 Å². The summed E-state index contributed by atoms with van der Waals surface area (Å²) in [6.45, 7) is 4.88. The molecule has 3 amide bonds. The molecule has 2 N–H and O–H groups in total. The molecular formula is C15H23N5O4. The largest absolute Gasteiger partial charge is 0.335 e. The average molecular weight is 337 g/mol. The highest BCUT2D eigenvalue weighted by atomic mass is 16.6. The Hall–Kier alpha value is -2.45. The molecule has 0 aromatic carbocycles. The van der Waals surface area contributed by atoms with Gasteiger partial charge in [-0.05, 0) is 32.6 Å². The monoisotopic (exact) mass is 337 g/mol. The number of nitrogens with one attached hydrogen (secondary N) is 2. The van der Waals surface area contributed by atoms with Gasteiger partial charge in [-0.1, -0.05) is 19.8 Å². The molecule has 1 aromatic rings. The number of nitro groups is 1. The Balaban J connectivity index is 1.92. The van der Waals surface area contributed by atoms with Crippen molar-refractivity contribution in [1.82, 2.24) is 20.4 Å². The van der Waals surface area contributed by atoms with E-state index in [0.717, 1.165) is 25.7 Å². The highest BCUT2D eigenvalue weighted by Gasteiger charge is 2.25. The Morgan fingerprint density at radius 3 is 2.58 bits per heavy atom. The smallest absolute Gasteiger partial charge is 0.321 e. The lowest BCUT2D eigenvalue weighted by atomic mass is 9.86. The van der Waals surface area contributed by atoms with Crippen LogP contribution in [0.25, 0.3) is 0 Å². The minimum atomic E-state index is -0.559. The second kappa shape index (κ2) is 7.41. The van der Waals surface area contributed by atoms with Crippen LogP contribution < -0.4 is 10.6 Å². The van der Waals surface area contributed by atoms with Crippen LogP contribution in [0.2, 0.25) is 0 Å². The van der Waals surface area contributed by atoms with Crippen molar-refractivity contribution in [2.45, 2.75) is 59.0 Å². The van der Waals surface area contributed by atoms with Crippen molar-refractivity contribution in [3.8, 4) is 0 Å². The summed E-state index contributed by atoms with van der Waals surface area (Å²) in [5, 5.41) is 20.0. The van der Waals surface area contributed by atoms with Crippen LogP contribution in [0.1, 0.15) is 44.0 Å². The van der Waals surface area contributed by atoms with Crippen LogP contribution in [-0.4, -0.2) is 32.7 Å². The maximum Gasteiger partial charge on any atom is 0.321 e. The van der Waals surface area contributed by atoms with E-state index in [2.05, 4.69) is 22.7 Å². The van der Waals surface area contributed by atoms with E-state index < -0.39 is 16.9 Å². The normalized spacial score (nSPS) is 20.5. The maximum absolute atomic E-state index is 12.0. The molecule has 9 heteroatoms. The van der Waals surface area contributed by atoms with Crippen LogP contribution in [0.5, 0.6) is 0 Å². The molecule has 1 aliphatic rings. The van der Waals surface area contributed by atoms with Gasteiger partial charge in [-0.25, -0.2) is 4.79 Å². The molecule has 0 bridgehead atoms. The van der Waals surface area contributed by atoms with Gasteiger partial charge < -0.3 is 5.32 Å². The Morgan fingerprint density at radius 1 is 1.33 bits per heavy atom. The van der Waals surface area contributed by atoms with Crippen molar-refractivity contribution < 1.29 is 14.5 Å². The lowest BCUT2D eigenvalue weighted by molar-refractivity contribution is -0.386. The van der Waals surface area contributed by atoms with E-state index in [-0.39, 0.29) is 29.7 Å². The van der Waals surface area contributed by atoms with Gasteiger partial charge in [0.2, 0.25) is 5.91 Å². The fourth-order valence-electron chi connectivity index (χ4n) is 3.14. The second-order valence-electron chi connectivity index (χ2n) is 6.32. The average Bonchev–Trinajstić information content (AvgIpc) is 2.75. The summed E-state index contributed by atoms with van der Waals surface area (Å²) in [7, 11) is 0. The zero-order valence-corrected chi connectivity index (χ0v) is 14.2. The molecule has 9 nitrogen and oxygen atoms in total. The van der Waals surface area contributed by atoms with Crippen molar-refractivity contribution in [3.05, 3.63) is 21.5 Å². The summed E-state index contributed by atoms with van der Waals surface area (Å²) in [6, 6.07) is -0.462. The van der Waals surface area contributed by atoms with Crippen molar-refractivity contribution >= 4 is 17.6 Å². The van der Waals surface area contributed by atoms with Crippen molar-refractivity contribution in [2.75, 3.05) is 0 Å². The first kappa shape index (κ1) is 17.9. The summed E-state index contributed by atoms with van der Waals surface area (Å²) < 4.78 is 1.24. The predicted octanol–water partition coefficient (Wildman–Crippen LogP) is 1.81. The summed E-state index contributed by atoms with van der Waals surface area (Å²) in [4.78, 5) is 34.4. The summed E-state index contributed by atoms with van der Waals surface area (Å²) in [5.74, 6) is -0.172. The summed E-state index contributed by atoms with van der Waals surface area (Å²) in [5.41, 5.74) is 0.419. The summed E-state index contributed by atoms with van der Waals surface area (Å²) in [6.07, 6.45) is 4.20. The molecule has 0 saturated heterocycles. The number of hydrogen-bond acceptors (Lipinski definition) is 5. The number of imide groups is 1. The van der Waals surface area contributed by atoms with Gasteiger partial charge >= 0.3 is 11.7 Å². The lowest BCUT2D eigenvalue weighted by Gasteiger charge is -2.29. The van der Waals surface area contributed by atoms with Gasteiger partial charge in [0.1, 0.15) is 17.9 Å². The number of hydrogen-bond donors (Lipinski definition) is 2. The molecule has 24 heavy (non-hydrogen) atoms. The Labute approximate surface area is 139 Å². The molecule has 0 unspecified atom stereocenters. The van der Waals surface area contributed by atoms with E-state index in [9.17, 15) is 19.7 Å². The van der Waals surface area contributed by atoms with E-state index in [4.69, 9.17) is 0 Å². The van der Waals surface area contributed by atoms with Gasteiger partial charge in [0.15, 0.2) is 0 Å². The van der Waals surface area contributed by atoms with Gasteiger partial charge in [-0.3, -0.25) is 24.9 Å². The fourth-order valence-corrected chi connectivity index (χ4v) is 3.14. The third-order valence-corrected chi connectivity index (χ3v) is 4.50. The Morgan fingerprint density at radius 2 is 2.00 bits per heavy atom. The van der Waals surface area contributed by atoms with Gasteiger partial charge in [0, 0.05) is 6.04 Å². The molecule has 0 aliphatic heterocycles. The first-order valence-electron chi connectivity index (χ1n) is 8.08. The molecule has 1 aliphatic carbocycles. The van der Waals surface area contributed by atoms with E-state index in [1.807, 2.05) is 0 Å². The quantitative estimate of drug-likeness (QED) is 0.641. The van der Waals surface area contributed by atoms with E-state index in [0.29, 0.717) is 5.92 Å². The minimum absolute atomic E-state index is 0.0707. The van der Waals surface area contributed by atoms with Crippen LogP contribution in [-0.2, 0) is 11.3 Å². The lowest BCUT2D eigenvalue weighted by Crippen LogP contribution is -2.48. The molecule has 2 rings (SSSR count). The van der Waals surface area contributed by atoms with Crippen LogP contribution >= 0.6 is 0 Å². The number of rotatable bonds is 4. The highest BCUT2D eigenvalue weighted by Crippen LogP contribution is 2.23. The number of aromatic nitrogens is 2. The van der Waals surface area contributed by atoms with Gasteiger partial charge in [-0.15, -0.1) is 0 Å². The number of nitrogens with zero attached hydrogens (tertiary/aromatic N) is 3.